The minimum absolute atomic E-state index is 0.499. The molecule has 1 atom stereocenters. The van der Waals surface area contributed by atoms with Gasteiger partial charge in [0, 0.05) is 24.3 Å². The lowest BCUT2D eigenvalue weighted by molar-refractivity contribution is 0.388. The molecule has 0 bridgehead atoms. The Balaban J connectivity index is 1.93. The second kappa shape index (κ2) is 5.66. The first-order valence-corrected chi connectivity index (χ1v) is 5.78. The molecule has 1 N–H and O–H groups in total. The van der Waals surface area contributed by atoms with Crippen LogP contribution >= 0.6 is 0 Å². The first-order chi connectivity index (χ1) is 7.90. The molecule has 3 heteroatoms. The summed E-state index contributed by atoms with van der Waals surface area (Å²) in [5.74, 6) is 0.717. The number of allylic oxidation sites excluding steroid dienone is 1. The summed E-state index contributed by atoms with van der Waals surface area (Å²) in [6, 6.07) is 4.49. The Morgan fingerprint density at radius 2 is 2.50 bits per heavy atom. The van der Waals surface area contributed by atoms with Crippen molar-refractivity contribution in [1.29, 1.82) is 0 Å². The van der Waals surface area contributed by atoms with E-state index in [1.54, 1.807) is 13.3 Å². The molecule has 0 aliphatic heterocycles. The van der Waals surface area contributed by atoms with Crippen LogP contribution in [0.5, 0.6) is 5.88 Å². The number of ether oxygens (including phenoxy) is 1. The smallest absolute Gasteiger partial charge is 0.217 e. The highest BCUT2D eigenvalue weighted by Gasteiger charge is 2.09. The van der Waals surface area contributed by atoms with Crippen molar-refractivity contribution >= 4 is 0 Å². The number of nitrogens with zero attached hydrogens (tertiary/aromatic N) is 1. The zero-order valence-electron chi connectivity index (χ0n) is 9.65. The van der Waals surface area contributed by atoms with Gasteiger partial charge in [0.25, 0.3) is 0 Å². The van der Waals surface area contributed by atoms with E-state index >= 15 is 0 Å². The van der Waals surface area contributed by atoms with E-state index in [9.17, 15) is 0 Å². The molecule has 1 aromatic rings. The van der Waals surface area contributed by atoms with Crippen molar-refractivity contribution < 1.29 is 4.74 Å². The molecular weight excluding hydrogens is 200 g/mol. The summed E-state index contributed by atoms with van der Waals surface area (Å²) in [6.07, 6.45) is 9.97. The molecule has 0 fully saturated rings. The lowest BCUT2D eigenvalue weighted by Crippen LogP contribution is -2.28. The lowest BCUT2D eigenvalue weighted by atomic mass is 10.0. The third-order valence-electron chi connectivity index (χ3n) is 2.85. The number of hydrogen-bond acceptors (Lipinski definition) is 3. The molecule has 1 aliphatic rings. The summed E-state index contributed by atoms with van der Waals surface area (Å²) in [4.78, 5) is 4.18. The van der Waals surface area contributed by atoms with Gasteiger partial charge in [-0.05, 0) is 25.3 Å². The predicted molar refractivity (Wildman–Crippen MR) is 64.4 cm³/mol. The van der Waals surface area contributed by atoms with E-state index < -0.39 is 0 Å². The third kappa shape index (κ3) is 2.83. The normalized spacial score (nSPS) is 19.7. The van der Waals surface area contributed by atoms with E-state index in [-0.39, 0.29) is 0 Å². The highest BCUT2D eigenvalue weighted by atomic mass is 16.5. The summed E-state index contributed by atoms with van der Waals surface area (Å²) in [5, 5.41) is 3.51. The summed E-state index contributed by atoms with van der Waals surface area (Å²) >= 11 is 0. The highest BCUT2D eigenvalue weighted by Crippen LogP contribution is 2.15. The molecule has 1 heterocycles. The SMILES string of the molecule is COc1ncccc1CNC1C=CCCC1. The summed E-state index contributed by atoms with van der Waals surface area (Å²) < 4.78 is 5.22. The lowest BCUT2D eigenvalue weighted by Gasteiger charge is -2.18. The van der Waals surface area contributed by atoms with E-state index in [4.69, 9.17) is 4.74 Å². The van der Waals surface area contributed by atoms with Crippen LogP contribution in [0.3, 0.4) is 0 Å². The first kappa shape index (κ1) is 11.1. The fourth-order valence-electron chi connectivity index (χ4n) is 1.97. The van der Waals surface area contributed by atoms with Gasteiger partial charge in [-0.2, -0.15) is 0 Å². The molecule has 1 unspecified atom stereocenters. The third-order valence-corrected chi connectivity index (χ3v) is 2.85. The van der Waals surface area contributed by atoms with Crippen LogP contribution in [0, 0.1) is 0 Å². The quantitative estimate of drug-likeness (QED) is 0.787. The Morgan fingerprint density at radius 1 is 1.56 bits per heavy atom. The van der Waals surface area contributed by atoms with Gasteiger partial charge in [-0.3, -0.25) is 0 Å². The highest BCUT2D eigenvalue weighted by molar-refractivity contribution is 5.25. The van der Waals surface area contributed by atoms with E-state index in [2.05, 4.69) is 22.5 Å². The number of nitrogens with one attached hydrogen (secondary N) is 1. The number of methoxy groups -OCH3 is 1. The second-order valence-corrected chi connectivity index (χ2v) is 4.02. The van der Waals surface area contributed by atoms with Crippen LogP contribution in [0.15, 0.2) is 30.5 Å². The van der Waals surface area contributed by atoms with Crippen LogP contribution in [0.25, 0.3) is 0 Å². The van der Waals surface area contributed by atoms with E-state index in [1.165, 1.54) is 19.3 Å². The molecule has 2 rings (SSSR count). The Morgan fingerprint density at radius 3 is 3.25 bits per heavy atom. The van der Waals surface area contributed by atoms with Crippen LogP contribution in [0.2, 0.25) is 0 Å². The molecule has 86 valence electrons. The van der Waals surface area contributed by atoms with E-state index in [1.807, 2.05) is 12.1 Å². The Bertz CT molecular complexity index is 363. The second-order valence-electron chi connectivity index (χ2n) is 4.02. The van der Waals surface area contributed by atoms with Crippen LogP contribution in [-0.4, -0.2) is 18.1 Å². The van der Waals surface area contributed by atoms with Crippen LogP contribution < -0.4 is 10.1 Å². The monoisotopic (exact) mass is 218 g/mol. The Kier molecular flexibility index (Phi) is 3.94. The Labute approximate surface area is 96.5 Å². The molecule has 0 saturated carbocycles. The molecule has 0 amide bonds. The molecular formula is C13H18N2O. The number of pyridine rings is 1. The van der Waals surface area contributed by atoms with Crippen molar-refractivity contribution in [3.63, 3.8) is 0 Å². The number of rotatable bonds is 4. The first-order valence-electron chi connectivity index (χ1n) is 5.78. The molecule has 1 aromatic heterocycles. The van der Waals surface area contributed by atoms with Crippen LogP contribution in [0.1, 0.15) is 24.8 Å². The average Bonchev–Trinajstić information content (AvgIpc) is 2.38. The van der Waals surface area contributed by atoms with Crippen LogP contribution in [0.4, 0.5) is 0 Å². The minimum Gasteiger partial charge on any atom is -0.481 e. The van der Waals surface area contributed by atoms with Gasteiger partial charge in [-0.1, -0.05) is 18.2 Å². The molecule has 16 heavy (non-hydrogen) atoms. The largest absolute Gasteiger partial charge is 0.481 e. The predicted octanol–water partition coefficient (Wildman–Crippen LogP) is 2.29. The van der Waals surface area contributed by atoms with Gasteiger partial charge >= 0.3 is 0 Å². The molecule has 0 radical (unpaired) electrons. The fraction of sp³-hybridized carbons (Fsp3) is 0.462. The van der Waals surface area contributed by atoms with E-state index in [0.717, 1.165) is 18.0 Å². The van der Waals surface area contributed by atoms with Crippen molar-refractivity contribution in [3.05, 3.63) is 36.0 Å². The van der Waals surface area contributed by atoms with Gasteiger partial charge in [0.05, 0.1) is 7.11 Å². The summed E-state index contributed by atoms with van der Waals surface area (Å²) in [7, 11) is 1.66. The number of hydrogen-bond donors (Lipinski definition) is 1. The molecule has 0 spiro atoms. The van der Waals surface area contributed by atoms with Gasteiger partial charge in [0.1, 0.15) is 0 Å². The van der Waals surface area contributed by atoms with Crippen molar-refractivity contribution in [3.8, 4) is 5.88 Å². The minimum atomic E-state index is 0.499. The van der Waals surface area contributed by atoms with Gasteiger partial charge in [0.15, 0.2) is 0 Å². The zero-order chi connectivity index (χ0) is 11.2. The van der Waals surface area contributed by atoms with Gasteiger partial charge in [-0.25, -0.2) is 4.98 Å². The standard InChI is InChI=1S/C13H18N2O/c1-16-13-11(6-5-9-14-13)10-15-12-7-3-2-4-8-12/h3,5-7,9,12,15H,2,4,8,10H2,1H3. The molecule has 0 aromatic carbocycles. The number of aromatic nitrogens is 1. The Hall–Kier alpha value is -1.35. The van der Waals surface area contributed by atoms with Gasteiger partial charge in [-0.15, -0.1) is 0 Å². The van der Waals surface area contributed by atoms with Crippen molar-refractivity contribution in [2.24, 2.45) is 0 Å². The van der Waals surface area contributed by atoms with Crippen LogP contribution in [-0.2, 0) is 6.54 Å². The summed E-state index contributed by atoms with van der Waals surface area (Å²) in [6.45, 7) is 0.812. The van der Waals surface area contributed by atoms with Crippen molar-refractivity contribution in [2.45, 2.75) is 31.8 Å². The van der Waals surface area contributed by atoms with Crippen molar-refractivity contribution in [2.75, 3.05) is 7.11 Å². The maximum absolute atomic E-state index is 5.22. The molecule has 1 aliphatic carbocycles. The average molecular weight is 218 g/mol. The summed E-state index contributed by atoms with van der Waals surface area (Å²) in [5.41, 5.74) is 1.11. The molecule has 0 saturated heterocycles. The maximum Gasteiger partial charge on any atom is 0.217 e. The maximum atomic E-state index is 5.22. The topological polar surface area (TPSA) is 34.1 Å². The van der Waals surface area contributed by atoms with Gasteiger partial charge < -0.3 is 10.1 Å². The zero-order valence-corrected chi connectivity index (χ0v) is 9.65. The molecule has 3 nitrogen and oxygen atoms in total. The van der Waals surface area contributed by atoms with Crippen molar-refractivity contribution in [1.82, 2.24) is 10.3 Å². The fourth-order valence-corrected chi connectivity index (χ4v) is 1.97. The van der Waals surface area contributed by atoms with E-state index in [0.29, 0.717) is 6.04 Å². The van der Waals surface area contributed by atoms with Gasteiger partial charge in [0.2, 0.25) is 5.88 Å².